The number of hydrogen-bond donors (Lipinski definition) is 2. The molecule has 2 aromatic carbocycles. The molecule has 1 aliphatic heterocycles. The normalized spacial score (nSPS) is 20.4. The summed E-state index contributed by atoms with van der Waals surface area (Å²) in [7, 11) is 0. The Morgan fingerprint density at radius 3 is 2.43 bits per heavy atom. The van der Waals surface area contributed by atoms with Crippen molar-refractivity contribution in [1.29, 1.82) is 0 Å². The molecule has 7 rings (SSSR count). The molecule has 8 nitrogen and oxygen atoms in total. The third-order valence-electron chi connectivity index (χ3n) is 9.67. The zero-order valence-corrected chi connectivity index (χ0v) is 25.2. The van der Waals surface area contributed by atoms with Gasteiger partial charge < -0.3 is 15.7 Å². The second kappa shape index (κ2) is 11.2. The Hall–Kier alpha value is -4.56. The molecule has 1 saturated heterocycles. The highest BCUT2D eigenvalue weighted by molar-refractivity contribution is 5.84. The molecule has 0 spiro atoms. The third kappa shape index (κ3) is 5.24. The Balaban J connectivity index is 1.13. The number of nitrogen functional groups attached to an aromatic ring is 1. The van der Waals surface area contributed by atoms with E-state index < -0.39 is 5.97 Å². The summed E-state index contributed by atoms with van der Waals surface area (Å²) in [6.07, 6.45) is 4.45. The van der Waals surface area contributed by atoms with Crippen LogP contribution in [0.5, 0.6) is 0 Å². The number of carbonyl (C=O) groups is 1. The van der Waals surface area contributed by atoms with E-state index in [0.29, 0.717) is 23.5 Å². The molecule has 3 N–H and O–H groups in total. The van der Waals surface area contributed by atoms with Gasteiger partial charge in [-0.3, -0.25) is 9.36 Å². The molecule has 224 valence electrons. The highest BCUT2D eigenvalue weighted by atomic mass is 16.4. The Bertz CT molecular complexity index is 1810. The summed E-state index contributed by atoms with van der Waals surface area (Å²) in [5.74, 6) is 1.32. The van der Waals surface area contributed by atoms with Crippen LogP contribution in [0.25, 0.3) is 39.5 Å². The van der Waals surface area contributed by atoms with Gasteiger partial charge in [0, 0.05) is 43.0 Å². The van der Waals surface area contributed by atoms with Crippen LogP contribution in [0, 0.1) is 17.3 Å². The first-order valence-electron chi connectivity index (χ1n) is 15.5. The lowest BCUT2D eigenvalue weighted by molar-refractivity contribution is -0.148. The topological polar surface area (TPSA) is 110 Å². The van der Waals surface area contributed by atoms with Crippen molar-refractivity contribution in [3.63, 3.8) is 0 Å². The molecule has 1 aliphatic carbocycles. The second-order valence-corrected chi connectivity index (χ2v) is 13.1. The van der Waals surface area contributed by atoms with Crippen molar-refractivity contribution in [1.82, 2.24) is 24.4 Å². The van der Waals surface area contributed by atoms with Crippen molar-refractivity contribution in [3.05, 3.63) is 90.6 Å². The van der Waals surface area contributed by atoms with E-state index in [2.05, 4.69) is 64.7 Å². The van der Waals surface area contributed by atoms with Gasteiger partial charge in [0.1, 0.15) is 11.3 Å². The summed E-state index contributed by atoms with van der Waals surface area (Å²) < 4.78 is 2.08. The molecule has 1 saturated carbocycles. The molecule has 2 atom stereocenters. The number of benzene rings is 2. The molecule has 0 radical (unpaired) electrons. The second-order valence-electron chi connectivity index (χ2n) is 13.1. The van der Waals surface area contributed by atoms with Crippen molar-refractivity contribution in [2.75, 3.05) is 25.4 Å². The maximum atomic E-state index is 11.7. The summed E-state index contributed by atoms with van der Waals surface area (Å²) in [6.45, 7) is 7.36. The Labute approximate surface area is 257 Å². The minimum atomic E-state index is -0.645. The molecule has 2 fully saturated rings. The molecule has 4 heterocycles. The predicted molar refractivity (Wildman–Crippen MR) is 173 cm³/mol. The van der Waals surface area contributed by atoms with Gasteiger partial charge in [-0.05, 0) is 72.6 Å². The maximum absolute atomic E-state index is 11.7. The molecule has 8 heteroatoms. The summed E-state index contributed by atoms with van der Waals surface area (Å²) in [5, 5.41) is 9.61. The van der Waals surface area contributed by atoms with Gasteiger partial charge >= 0.3 is 5.97 Å². The molecule has 0 unspecified atom stereocenters. The number of hydrogen-bond acceptors (Lipinski definition) is 6. The van der Waals surface area contributed by atoms with Crippen LogP contribution >= 0.6 is 0 Å². The average molecular weight is 587 g/mol. The standard InChI is InChI=1S/C36H38N6O2/c1-36(2)19-23(10-15-29(36)35(43)44)20-41-21-26(22-41)24-11-13-27(14-12-24)42-33(28-9-6-18-38-32(28)37)40-31-17-16-30(39-34(31)42)25-7-4-3-5-8-25/h3-9,11-14,16-18,23,26,29H,10,15,19-22H2,1-2H3,(H2,37,38)(H,43,44)/t23-,29-/m0/s1. The van der Waals surface area contributed by atoms with Gasteiger partial charge in [0.15, 0.2) is 11.5 Å². The molecule has 3 aromatic heterocycles. The maximum Gasteiger partial charge on any atom is 0.307 e. The Morgan fingerprint density at radius 2 is 1.73 bits per heavy atom. The van der Waals surface area contributed by atoms with E-state index in [1.165, 1.54) is 5.56 Å². The van der Waals surface area contributed by atoms with Gasteiger partial charge in [-0.1, -0.05) is 56.3 Å². The summed E-state index contributed by atoms with van der Waals surface area (Å²) in [5.41, 5.74) is 12.7. The van der Waals surface area contributed by atoms with E-state index in [1.807, 2.05) is 42.5 Å². The van der Waals surface area contributed by atoms with Gasteiger partial charge in [-0.15, -0.1) is 0 Å². The smallest absolute Gasteiger partial charge is 0.307 e. The first kappa shape index (κ1) is 28.2. The summed E-state index contributed by atoms with van der Waals surface area (Å²) in [6, 6.07) is 26.8. The van der Waals surface area contributed by atoms with Crippen molar-refractivity contribution < 1.29 is 9.90 Å². The average Bonchev–Trinajstić information content (AvgIpc) is 3.37. The van der Waals surface area contributed by atoms with Crippen LogP contribution in [0.15, 0.2) is 85.1 Å². The van der Waals surface area contributed by atoms with E-state index in [9.17, 15) is 9.90 Å². The quantitative estimate of drug-likeness (QED) is 0.219. The van der Waals surface area contributed by atoms with Crippen LogP contribution in [0.4, 0.5) is 5.82 Å². The van der Waals surface area contributed by atoms with Gasteiger partial charge in [0.25, 0.3) is 0 Å². The molecule has 0 bridgehead atoms. The molecule has 44 heavy (non-hydrogen) atoms. The number of imidazole rings is 1. The zero-order chi connectivity index (χ0) is 30.4. The fourth-order valence-corrected chi connectivity index (χ4v) is 7.34. The van der Waals surface area contributed by atoms with E-state index in [-0.39, 0.29) is 11.3 Å². The summed E-state index contributed by atoms with van der Waals surface area (Å²) >= 11 is 0. The highest BCUT2D eigenvalue weighted by Gasteiger charge is 2.42. The summed E-state index contributed by atoms with van der Waals surface area (Å²) in [4.78, 5) is 28.6. The number of nitrogens with two attached hydrogens (primary N) is 1. The van der Waals surface area contributed by atoms with Gasteiger partial charge in [0.05, 0.1) is 17.2 Å². The molecule has 2 aliphatic rings. The number of aliphatic carboxylic acids is 1. The number of fused-ring (bicyclic) bond motifs is 1. The molecular weight excluding hydrogens is 548 g/mol. The van der Waals surface area contributed by atoms with Crippen molar-refractivity contribution >= 4 is 23.0 Å². The SMILES string of the molecule is CC1(C)C[C@@H](CN2CC(c3ccc(-n4c(-c5cccnc5N)nc5ccc(-c6ccccc6)nc54)cc3)C2)CC[C@H]1C(=O)O. The van der Waals surface area contributed by atoms with E-state index in [4.69, 9.17) is 15.7 Å². The van der Waals surface area contributed by atoms with Gasteiger partial charge in [0.2, 0.25) is 0 Å². The fourth-order valence-electron chi connectivity index (χ4n) is 7.34. The van der Waals surface area contributed by atoms with Crippen LogP contribution in [0.2, 0.25) is 0 Å². The number of anilines is 1. The Kier molecular flexibility index (Phi) is 7.17. The van der Waals surface area contributed by atoms with Crippen LogP contribution in [-0.2, 0) is 4.79 Å². The van der Waals surface area contributed by atoms with Gasteiger partial charge in [-0.25, -0.2) is 15.0 Å². The largest absolute Gasteiger partial charge is 0.481 e. The third-order valence-corrected chi connectivity index (χ3v) is 9.67. The van der Waals surface area contributed by atoms with Gasteiger partial charge in [-0.2, -0.15) is 0 Å². The van der Waals surface area contributed by atoms with E-state index in [0.717, 1.165) is 72.6 Å². The number of carboxylic acid groups (broad SMARTS) is 1. The number of pyridine rings is 2. The first-order valence-corrected chi connectivity index (χ1v) is 15.5. The number of aromatic nitrogens is 4. The van der Waals surface area contributed by atoms with Crippen LogP contribution in [0.1, 0.15) is 44.6 Å². The number of nitrogens with zero attached hydrogens (tertiary/aromatic N) is 5. The van der Waals surface area contributed by atoms with E-state index >= 15 is 0 Å². The first-order chi connectivity index (χ1) is 21.3. The minimum absolute atomic E-state index is 0.150. The zero-order valence-electron chi connectivity index (χ0n) is 25.2. The van der Waals surface area contributed by atoms with E-state index in [1.54, 1.807) is 6.20 Å². The van der Waals surface area contributed by atoms with Crippen LogP contribution < -0.4 is 5.73 Å². The lowest BCUT2D eigenvalue weighted by atomic mass is 9.65. The van der Waals surface area contributed by atoms with Crippen LogP contribution in [0.3, 0.4) is 0 Å². The highest BCUT2D eigenvalue weighted by Crippen LogP contribution is 2.44. The van der Waals surface area contributed by atoms with Crippen molar-refractivity contribution in [3.8, 4) is 28.3 Å². The number of rotatable bonds is 7. The molecule has 0 amide bonds. The monoisotopic (exact) mass is 586 g/mol. The van der Waals surface area contributed by atoms with Crippen molar-refractivity contribution in [2.45, 2.75) is 39.0 Å². The lowest BCUT2D eigenvalue weighted by Gasteiger charge is -2.45. The minimum Gasteiger partial charge on any atom is -0.481 e. The number of carboxylic acids is 1. The van der Waals surface area contributed by atoms with Crippen LogP contribution in [-0.4, -0.2) is 55.1 Å². The number of likely N-dealkylation sites (tertiary alicyclic amines) is 1. The predicted octanol–water partition coefficient (Wildman–Crippen LogP) is 6.66. The lowest BCUT2D eigenvalue weighted by Crippen LogP contribution is -2.49. The fraction of sp³-hybridized carbons (Fsp3) is 0.333. The van der Waals surface area contributed by atoms with Crippen molar-refractivity contribution in [2.24, 2.45) is 17.3 Å². The molecular formula is C36H38N6O2. The Morgan fingerprint density at radius 1 is 0.955 bits per heavy atom. The molecule has 5 aromatic rings.